The number of halogens is 2. The second-order valence-electron chi connectivity index (χ2n) is 3.97. The molecule has 0 saturated carbocycles. The van der Waals surface area contributed by atoms with Gasteiger partial charge >= 0.3 is 0 Å². The first kappa shape index (κ1) is 11.9. The summed E-state index contributed by atoms with van der Waals surface area (Å²) in [6, 6.07) is 2.77. The Hall–Kier alpha value is -2.15. The molecule has 2 N–H and O–H groups in total. The first-order valence-corrected chi connectivity index (χ1v) is 5.89. The van der Waals surface area contributed by atoms with Gasteiger partial charge in [-0.3, -0.25) is 0 Å². The quantitative estimate of drug-likeness (QED) is 0.794. The van der Waals surface area contributed by atoms with E-state index in [1.165, 1.54) is 18.5 Å². The highest BCUT2D eigenvalue weighted by Crippen LogP contribution is 2.24. The number of anilines is 1. The normalized spacial score (nSPS) is 11.3. The molecular formula is C11H9ClFN5O. The summed E-state index contributed by atoms with van der Waals surface area (Å²) >= 11 is 5.77. The molecule has 3 aromatic rings. The fourth-order valence-corrected chi connectivity index (χ4v) is 2.05. The van der Waals surface area contributed by atoms with Crippen LogP contribution in [0.4, 0.5) is 10.3 Å². The Morgan fingerprint density at radius 3 is 3.00 bits per heavy atom. The lowest BCUT2D eigenvalue weighted by molar-refractivity contribution is 0.408. The number of aromatic nitrogens is 4. The van der Waals surface area contributed by atoms with Crippen LogP contribution in [0.3, 0.4) is 0 Å². The number of hydrogen-bond acceptors (Lipinski definition) is 5. The SMILES string of the molecule is Nc1nc2cc(F)c(Cl)cc2n1CCc1ncon1. The number of rotatable bonds is 3. The van der Waals surface area contributed by atoms with Crippen LogP contribution in [0, 0.1) is 5.82 Å². The Balaban J connectivity index is 1.98. The predicted molar refractivity (Wildman–Crippen MR) is 67.1 cm³/mol. The summed E-state index contributed by atoms with van der Waals surface area (Å²) < 4.78 is 19.7. The molecule has 1 aromatic carbocycles. The van der Waals surface area contributed by atoms with Crippen molar-refractivity contribution in [1.29, 1.82) is 0 Å². The van der Waals surface area contributed by atoms with E-state index in [0.717, 1.165) is 0 Å². The van der Waals surface area contributed by atoms with Crippen LogP contribution in [0.2, 0.25) is 5.02 Å². The fourth-order valence-electron chi connectivity index (χ4n) is 1.89. The molecule has 8 heteroatoms. The molecule has 6 nitrogen and oxygen atoms in total. The van der Waals surface area contributed by atoms with Gasteiger partial charge in [0.1, 0.15) is 5.82 Å². The van der Waals surface area contributed by atoms with Crippen molar-refractivity contribution < 1.29 is 8.91 Å². The van der Waals surface area contributed by atoms with Crippen LogP contribution in [0.1, 0.15) is 5.82 Å². The number of hydrogen-bond donors (Lipinski definition) is 1. The molecule has 0 aliphatic rings. The molecule has 0 fully saturated rings. The van der Waals surface area contributed by atoms with Crippen molar-refractivity contribution in [2.45, 2.75) is 13.0 Å². The molecule has 19 heavy (non-hydrogen) atoms. The molecule has 3 rings (SSSR count). The number of nitrogen functional groups attached to an aromatic ring is 1. The van der Waals surface area contributed by atoms with Gasteiger partial charge in [-0.05, 0) is 6.07 Å². The van der Waals surface area contributed by atoms with Crippen LogP contribution >= 0.6 is 11.6 Å². The maximum atomic E-state index is 13.3. The van der Waals surface area contributed by atoms with Crippen molar-refractivity contribution in [2.75, 3.05) is 5.73 Å². The Kier molecular flexibility index (Phi) is 2.83. The van der Waals surface area contributed by atoms with Gasteiger partial charge in [0.25, 0.3) is 0 Å². The summed E-state index contributed by atoms with van der Waals surface area (Å²) in [4.78, 5) is 8.01. The number of aryl methyl sites for hydroxylation is 2. The van der Waals surface area contributed by atoms with Gasteiger partial charge in [-0.1, -0.05) is 16.8 Å². The summed E-state index contributed by atoms with van der Waals surface area (Å²) in [5, 5.41) is 3.75. The molecule has 0 aliphatic carbocycles. The number of fused-ring (bicyclic) bond motifs is 1. The molecule has 0 radical (unpaired) electrons. The van der Waals surface area contributed by atoms with Gasteiger partial charge < -0.3 is 14.8 Å². The summed E-state index contributed by atoms with van der Waals surface area (Å²) in [6.45, 7) is 0.504. The van der Waals surface area contributed by atoms with Gasteiger partial charge in [0.05, 0.1) is 16.1 Å². The summed E-state index contributed by atoms with van der Waals surface area (Å²) in [6.07, 6.45) is 1.79. The topological polar surface area (TPSA) is 82.8 Å². The number of benzene rings is 1. The van der Waals surface area contributed by atoms with Gasteiger partial charge in [-0.2, -0.15) is 4.98 Å². The molecule has 0 spiro atoms. The molecule has 0 atom stereocenters. The van der Waals surface area contributed by atoms with Crippen molar-refractivity contribution in [3.63, 3.8) is 0 Å². The van der Waals surface area contributed by atoms with Gasteiger partial charge in [0.15, 0.2) is 5.82 Å². The minimum Gasteiger partial charge on any atom is -0.369 e. The van der Waals surface area contributed by atoms with E-state index in [-0.39, 0.29) is 5.02 Å². The van der Waals surface area contributed by atoms with Gasteiger partial charge in [0.2, 0.25) is 12.3 Å². The van der Waals surface area contributed by atoms with Crippen LogP contribution < -0.4 is 5.73 Å². The van der Waals surface area contributed by atoms with Crippen molar-refractivity contribution >= 4 is 28.6 Å². The second kappa shape index (κ2) is 4.51. The van der Waals surface area contributed by atoms with Crippen LogP contribution in [0.15, 0.2) is 23.0 Å². The summed E-state index contributed by atoms with van der Waals surface area (Å²) in [5.74, 6) is 0.339. The number of nitrogens with two attached hydrogens (primary N) is 1. The first-order valence-electron chi connectivity index (χ1n) is 5.51. The smallest absolute Gasteiger partial charge is 0.213 e. The zero-order valence-corrected chi connectivity index (χ0v) is 10.4. The van der Waals surface area contributed by atoms with Gasteiger partial charge in [-0.15, -0.1) is 0 Å². The standard InChI is InChI=1S/C11H9ClFN5O/c12-6-3-9-8(4-7(6)13)16-11(14)18(9)2-1-10-15-5-19-17-10/h3-5H,1-2H2,(H2,14,16). The Labute approximate surface area is 112 Å². The lowest BCUT2D eigenvalue weighted by Crippen LogP contribution is -2.06. The van der Waals surface area contributed by atoms with E-state index in [0.29, 0.717) is 35.8 Å². The Bertz CT molecular complexity index is 724. The molecule has 0 aliphatic heterocycles. The minimum absolute atomic E-state index is 0.0354. The summed E-state index contributed by atoms with van der Waals surface area (Å²) in [5.41, 5.74) is 6.95. The first-order chi connectivity index (χ1) is 9.15. The zero-order valence-electron chi connectivity index (χ0n) is 9.68. The summed E-state index contributed by atoms with van der Waals surface area (Å²) in [7, 11) is 0. The van der Waals surface area contributed by atoms with Crippen LogP contribution in [-0.4, -0.2) is 19.7 Å². The number of imidazole rings is 1. The lowest BCUT2D eigenvalue weighted by Gasteiger charge is -2.04. The van der Waals surface area contributed by atoms with E-state index in [4.69, 9.17) is 17.3 Å². The van der Waals surface area contributed by atoms with E-state index in [1.807, 2.05) is 0 Å². The third-order valence-electron chi connectivity index (χ3n) is 2.79. The molecule has 98 valence electrons. The molecule has 2 heterocycles. The fraction of sp³-hybridized carbons (Fsp3) is 0.182. The van der Waals surface area contributed by atoms with Crippen LogP contribution in [-0.2, 0) is 13.0 Å². The van der Waals surface area contributed by atoms with E-state index in [2.05, 4.69) is 19.6 Å². The van der Waals surface area contributed by atoms with E-state index in [1.54, 1.807) is 4.57 Å². The van der Waals surface area contributed by atoms with Gasteiger partial charge in [0, 0.05) is 19.0 Å². The lowest BCUT2D eigenvalue weighted by atomic mass is 10.3. The third-order valence-corrected chi connectivity index (χ3v) is 3.08. The zero-order chi connectivity index (χ0) is 13.4. The molecular weight excluding hydrogens is 273 g/mol. The molecule has 0 unspecified atom stereocenters. The molecule has 0 bridgehead atoms. The largest absolute Gasteiger partial charge is 0.369 e. The molecule has 0 amide bonds. The Morgan fingerprint density at radius 1 is 1.42 bits per heavy atom. The minimum atomic E-state index is -0.517. The highest BCUT2D eigenvalue weighted by Gasteiger charge is 2.12. The highest BCUT2D eigenvalue weighted by molar-refractivity contribution is 6.31. The molecule has 2 aromatic heterocycles. The number of nitrogens with zero attached hydrogens (tertiary/aromatic N) is 4. The third kappa shape index (κ3) is 2.12. The second-order valence-corrected chi connectivity index (χ2v) is 4.38. The average Bonchev–Trinajstić information content (AvgIpc) is 2.96. The maximum absolute atomic E-state index is 13.3. The van der Waals surface area contributed by atoms with E-state index < -0.39 is 5.82 Å². The van der Waals surface area contributed by atoms with Crippen LogP contribution in [0.25, 0.3) is 11.0 Å². The van der Waals surface area contributed by atoms with Crippen LogP contribution in [0.5, 0.6) is 0 Å². The van der Waals surface area contributed by atoms with Crippen molar-refractivity contribution in [2.24, 2.45) is 0 Å². The predicted octanol–water partition coefficient (Wildman–Crippen LogP) is 2.04. The van der Waals surface area contributed by atoms with Crippen molar-refractivity contribution in [3.05, 3.63) is 35.2 Å². The maximum Gasteiger partial charge on any atom is 0.213 e. The van der Waals surface area contributed by atoms with Gasteiger partial charge in [-0.25, -0.2) is 9.37 Å². The highest BCUT2D eigenvalue weighted by atomic mass is 35.5. The van der Waals surface area contributed by atoms with Crippen molar-refractivity contribution in [1.82, 2.24) is 19.7 Å². The molecule has 0 saturated heterocycles. The Morgan fingerprint density at radius 2 is 2.26 bits per heavy atom. The van der Waals surface area contributed by atoms with E-state index >= 15 is 0 Å². The van der Waals surface area contributed by atoms with Crippen molar-refractivity contribution in [3.8, 4) is 0 Å². The monoisotopic (exact) mass is 281 g/mol. The van der Waals surface area contributed by atoms with E-state index in [9.17, 15) is 4.39 Å². The average molecular weight is 282 g/mol.